The van der Waals surface area contributed by atoms with E-state index < -0.39 is 22.0 Å². The fourth-order valence-electron chi connectivity index (χ4n) is 4.38. The quantitative estimate of drug-likeness (QED) is 0.654. The number of piperidine rings is 1. The van der Waals surface area contributed by atoms with Crippen LogP contribution in [0, 0.1) is 19.8 Å². The topological polar surface area (TPSA) is 105 Å². The summed E-state index contributed by atoms with van der Waals surface area (Å²) in [5, 5.41) is 5.73. The van der Waals surface area contributed by atoms with Gasteiger partial charge < -0.3 is 15.4 Å². The number of carbonyl (C=O) groups excluding carboxylic acids is 2. The van der Waals surface area contributed by atoms with Crippen molar-refractivity contribution < 1.29 is 22.7 Å². The molecule has 2 amide bonds. The largest absolute Gasteiger partial charge is 0.478 e. The van der Waals surface area contributed by atoms with Crippen LogP contribution in [0.25, 0.3) is 0 Å². The summed E-state index contributed by atoms with van der Waals surface area (Å²) < 4.78 is 34.2. The summed E-state index contributed by atoms with van der Waals surface area (Å²) in [6, 6.07) is 11.1. The standard InChI is InChI=1S/C25H31N3O5S/c1-4-21-25(30)27-20-12-17(3)23(13-22(20)33-21)34(31,32)28-11-5-6-19(15-28)24(29)26-14-18-9-7-16(2)8-10-18/h7-10,12-13,19,21H,4-6,11,14-15H2,1-3H3,(H,26,29)(H,27,30)/t19-,21-/m0/s1. The van der Waals surface area contributed by atoms with Crippen molar-refractivity contribution in [3.05, 3.63) is 53.1 Å². The summed E-state index contributed by atoms with van der Waals surface area (Å²) >= 11 is 0. The molecule has 0 aromatic heterocycles. The van der Waals surface area contributed by atoms with Gasteiger partial charge in [0, 0.05) is 25.7 Å². The van der Waals surface area contributed by atoms with Crippen LogP contribution in [0.2, 0.25) is 0 Å². The first-order chi connectivity index (χ1) is 16.2. The molecule has 0 unspecified atom stereocenters. The lowest BCUT2D eigenvalue weighted by atomic mass is 9.98. The Labute approximate surface area is 200 Å². The first-order valence-corrected chi connectivity index (χ1v) is 13.1. The highest BCUT2D eigenvalue weighted by molar-refractivity contribution is 7.89. The van der Waals surface area contributed by atoms with E-state index in [-0.39, 0.29) is 23.3 Å². The van der Waals surface area contributed by atoms with Gasteiger partial charge in [-0.1, -0.05) is 36.8 Å². The Kier molecular flexibility index (Phi) is 6.95. The summed E-state index contributed by atoms with van der Waals surface area (Å²) in [4.78, 5) is 25.0. The third kappa shape index (κ3) is 4.95. The number of aryl methyl sites for hydroxylation is 2. The van der Waals surface area contributed by atoms with E-state index in [0.29, 0.717) is 49.4 Å². The number of hydrogen-bond acceptors (Lipinski definition) is 5. The molecule has 8 nitrogen and oxygen atoms in total. The molecule has 1 fully saturated rings. The Morgan fingerprint density at radius 2 is 1.94 bits per heavy atom. The van der Waals surface area contributed by atoms with Gasteiger partial charge in [-0.15, -0.1) is 0 Å². The van der Waals surface area contributed by atoms with Crippen molar-refractivity contribution in [2.24, 2.45) is 5.92 Å². The number of benzene rings is 2. The van der Waals surface area contributed by atoms with Crippen molar-refractivity contribution in [3.63, 3.8) is 0 Å². The fourth-order valence-corrected chi connectivity index (χ4v) is 6.13. The van der Waals surface area contributed by atoms with Crippen molar-refractivity contribution in [2.45, 2.75) is 57.6 Å². The number of sulfonamides is 1. The molecule has 2 aliphatic rings. The monoisotopic (exact) mass is 485 g/mol. The van der Waals surface area contributed by atoms with Gasteiger partial charge in [0.15, 0.2) is 6.10 Å². The van der Waals surface area contributed by atoms with Crippen LogP contribution in [-0.2, 0) is 26.2 Å². The minimum atomic E-state index is -3.84. The highest BCUT2D eigenvalue weighted by Crippen LogP contribution is 2.36. The molecule has 0 bridgehead atoms. The molecule has 0 aliphatic carbocycles. The van der Waals surface area contributed by atoms with Gasteiger partial charge in [-0.25, -0.2) is 8.42 Å². The van der Waals surface area contributed by atoms with Crippen LogP contribution >= 0.6 is 0 Å². The van der Waals surface area contributed by atoms with Gasteiger partial charge in [-0.3, -0.25) is 9.59 Å². The van der Waals surface area contributed by atoms with E-state index in [4.69, 9.17) is 4.74 Å². The molecule has 0 spiro atoms. The second-order valence-corrected chi connectivity index (χ2v) is 10.9. The molecule has 9 heteroatoms. The fraction of sp³-hybridized carbons (Fsp3) is 0.440. The van der Waals surface area contributed by atoms with Gasteiger partial charge in [-0.05, 0) is 50.3 Å². The molecule has 2 heterocycles. The first-order valence-electron chi connectivity index (χ1n) is 11.6. The molecule has 1 saturated heterocycles. The van der Waals surface area contributed by atoms with E-state index in [1.165, 1.54) is 10.4 Å². The van der Waals surface area contributed by atoms with Crippen LogP contribution in [0.4, 0.5) is 5.69 Å². The summed E-state index contributed by atoms with van der Waals surface area (Å²) in [6.45, 7) is 6.44. The zero-order valence-corrected chi connectivity index (χ0v) is 20.6. The minimum absolute atomic E-state index is 0.133. The second kappa shape index (κ2) is 9.76. The smallest absolute Gasteiger partial charge is 0.265 e. The maximum absolute atomic E-state index is 13.5. The Morgan fingerprint density at radius 1 is 1.21 bits per heavy atom. The molecule has 0 radical (unpaired) electrons. The Morgan fingerprint density at radius 3 is 2.65 bits per heavy atom. The normalized spacial score (nSPS) is 20.7. The van der Waals surface area contributed by atoms with E-state index in [9.17, 15) is 18.0 Å². The van der Waals surface area contributed by atoms with Gasteiger partial charge in [0.25, 0.3) is 5.91 Å². The van der Waals surface area contributed by atoms with E-state index >= 15 is 0 Å². The highest BCUT2D eigenvalue weighted by Gasteiger charge is 2.35. The van der Waals surface area contributed by atoms with Crippen molar-refractivity contribution in [1.29, 1.82) is 0 Å². The SMILES string of the molecule is CC[C@@H]1Oc2cc(S(=O)(=O)N3CCC[C@H](C(=O)NCc4ccc(C)cc4)C3)c(C)cc2NC1=O. The lowest BCUT2D eigenvalue weighted by molar-refractivity contribution is -0.126. The van der Waals surface area contributed by atoms with Crippen LogP contribution in [0.5, 0.6) is 5.75 Å². The van der Waals surface area contributed by atoms with Gasteiger partial charge in [0.1, 0.15) is 5.75 Å². The molecular formula is C25H31N3O5S. The number of hydrogen-bond donors (Lipinski definition) is 2. The molecule has 2 aromatic rings. The molecular weight excluding hydrogens is 454 g/mol. The molecule has 34 heavy (non-hydrogen) atoms. The summed E-state index contributed by atoms with van der Waals surface area (Å²) in [5.41, 5.74) is 3.14. The Balaban J connectivity index is 1.48. The number of anilines is 1. The summed E-state index contributed by atoms with van der Waals surface area (Å²) in [6.07, 6.45) is 1.08. The van der Waals surface area contributed by atoms with Crippen LogP contribution in [0.1, 0.15) is 42.9 Å². The van der Waals surface area contributed by atoms with Crippen molar-refractivity contribution in [1.82, 2.24) is 9.62 Å². The average molecular weight is 486 g/mol. The van der Waals surface area contributed by atoms with Crippen LogP contribution in [0.3, 0.4) is 0 Å². The zero-order valence-electron chi connectivity index (χ0n) is 19.8. The Hall–Kier alpha value is -2.91. The van der Waals surface area contributed by atoms with Crippen molar-refractivity contribution in [2.75, 3.05) is 18.4 Å². The molecule has 2 aliphatic heterocycles. The lowest BCUT2D eigenvalue weighted by Gasteiger charge is -2.32. The van der Waals surface area contributed by atoms with Crippen LogP contribution in [0.15, 0.2) is 41.3 Å². The van der Waals surface area contributed by atoms with E-state index in [2.05, 4.69) is 10.6 Å². The maximum atomic E-state index is 13.5. The zero-order chi connectivity index (χ0) is 24.5. The Bertz CT molecular complexity index is 1190. The first kappa shape index (κ1) is 24.2. The molecule has 4 rings (SSSR count). The van der Waals surface area contributed by atoms with Gasteiger partial charge in [-0.2, -0.15) is 4.31 Å². The number of ether oxygens (including phenoxy) is 1. The third-order valence-corrected chi connectivity index (χ3v) is 8.43. The second-order valence-electron chi connectivity index (χ2n) is 9.02. The predicted octanol–water partition coefficient (Wildman–Crippen LogP) is 3.13. The van der Waals surface area contributed by atoms with Gasteiger partial charge in [0.05, 0.1) is 16.5 Å². The van der Waals surface area contributed by atoms with E-state index in [1.807, 2.05) is 38.1 Å². The molecule has 182 valence electrons. The van der Waals surface area contributed by atoms with Crippen molar-refractivity contribution in [3.8, 4) is 5.75 Å². The lowest BCUT2D eigenvalue weighted by Crippen LogP contribution is -2.45. The highest BCUT2D eigenvalue weighted by atomic mass is 32.2. The van der Waals surface area contributed by atoms with Crippen molar-refractivity contribution >= 4 is 27.5 Å². The number of rotatable bonds is 6. The van der Waals surface area contributed by atoms with Crippen LogP contribution < -0.4 is 15.4 Å². The summed E-state index contributed by atoms with van der Waals surface area (Å²) in [5.74, 6) is -0.438. The predicted molar refractivity (Wildman–Crippen MR) is 129 cm³/mol. The summed E-state index contributed by atoms with van der Waals surface area (Å²) in [7, 11) is -3.84. The number of carbonyl (C=O) groups is 2. The van der Waals surface area contributed by atoms with Gasteiger partial charge in [0.2, 0.25) is 15.9 Å². The minimum Gasteiger partial charge on any atom is -0.478 e. The van der Waals surface area contributed by atoms with Crippen LogP contribution in [-0.4, -0.2) is 43.7 Å². The number of fused-ring (bicyclic) bond motifs is 1. The van der Waals surface area contributed by atoms with Gasteiger partial charge >= 0.3 is 0 Å². The number of nitrogens with zero attached hydrogens (tertiary/aromatic N) is 1. The molecule has 2 aromatic carbocycles. The molecule has 2 N–H and O–H groups in total. The number of amides is 2. The van der Waals surface area contributed by atoms with E-state index in [0.717, 1.165) is 11.1 Å². The molecule has 2 atom stereocenters. The number of nitrogens with one attached hydrogen (secondary N) is 2. The maximum Gasteiger partial charge on any atom is 0.265 e. The van der Waals surface area contributed by atoms with E-state index in [1.54, 1.807) is 13.0 Å². The molecule has 0 saturated carbocycles. The third-order valence-electron chi connectivity index (χ3n) is 6.43. The average Bonchev–Trinajstić information content (AvgIpc) is 2.82.